The molecule has 0 saturated carbocycles. The molecule has 2 unspecified atom stereocenters. The molecule has 0 aromatic carbocycles. The third-order valence-electron chi connectivity index (χ3n) is 11.5. The van der Waals surface area contributed by atoms with Crippen LogP contribution < -0.4 is 0 Å². The lowest BCUT2D eigenvalue weighted by molar-refractivity contribution is -0.870. The van der Waals surface area contributed by atoms with Gasteiger partial charge in [-0.15, -0.1) is 0 Å². The van der Waals surface area contributed by atoms with Crippen molar-refractivity contribution in [2.24, 2.45) is 0 Å². The normalized spacial score (nSPS) is 13.7. The highest BCUT2D eigenvalue weighted by molar-refractivity contribution is 7.47. The van der Waals surface area contributed by atoms with Crippen molar-refractivity contribution >= 4 is 13.8 Å². The van der Waals surface area contributed by atoms with E-state index in [1.54, 1.807) is 0 Å². The second-order valence-electron chi connectivity index (χ2n) is 18.9. The van der Waals surface area contributed by atoms with Crippen LogP contribution in [-0.4, -0.2) is 75.6 Å². The number of rotatable bonds is 49. The summed E-state index contributed by atoms with van der Waals surface area (Å²) in [7, 11) is 1.67. The SMILES string of the molecule is CCCC/C=C\C/C=C\CCCCCCCC(=O)OC(COCCCCCCCCCCCCCCCCCCCCCCCCCCC)COP(=O)(O)OCC[N+](C)(C)C. The molecule has 0 heterocycles. The highest BCUT2D eigenvalue weighted by atomic mass is 31.2. The number of esters is 1. The molecule has 8 nitrogen and oxygen atoms in total. The second kappa shape index (κ2) is 45.5. The molecule has 0 saturated heterocycles. The van der Waals surface area contributed by atoms with Crippen molar-refractivity contribution in [1.82, 2.24) is 0 Å². The molecule has 2 atom stereocenters. The molecule has 0 amide bonds. The average molecular weight is 885 g/mol. The lowest BCUT2D eigenvalue weighted by Gasteiger charge is -2.24. The van der Waals surface area contributed by atoms with E-state index in [4.69, 9.17) is 18.5 Å². The number of carbonyl (C=O) groups excluding carboxylic acids is 1. The molecule has 61 heavy (non-hydrogen) atoms. The summed E-state index contributed by atoms with van der Waals surface area (Å²) >= 11 is 0. The van der Waals surface area contributed by atoms with E-state index >= 15 is 0 Å². The molecular formula is C52H103NO7P+. The van der Waals surface area contributed by atoms with E-state index in [1.807, 2.05) is 21.1 Å². The van der Waals surface area contributed by atoms with Gasteiger partial charge in [-0.2, -0.15) is 0 Å². The lowest BCUT2D eigenvalue weighted by atomic mass is 10.0. The fraction of sp³-hybridized carbons (Fsp3) is 0.904. The molecule has 0 aliphatic carbocycles. The molecule has 0 fully saturated rings. The number of carbonyl (C=O) groups is 1. The summed E-state index contributed by atoms with van der Waals surface area (Å²) in [4.78, 5) is 22.9. The predicted octanol–water partition coefficient (Wildman–Crippen LogP) is 16.0. The van der Waals surface area contributed by atoms with E-state index in [-0.39, 0.29) is 25.8 Å². The van der Waals surface area contributed by atoms with Gasteiger partial charge in [-0.3, -0.25) is 13.8 Å². The molecular weight excluding hydrogens is 782 g/mol. The van der Waals surface area contributed by atoms with Crippen molar-refractivity contribution in [1.29, 1.82) is 0 Å². The molecule has 9 heteroatoms. The monoisotopic (exact) mass is 885 g/mol. The average Bonchev–Trinajstić information content (AvgIpc) is 3.22. The summed E-state index contributed by atoms with van der Waals surface area (Å²) in [5.41, 5.74) is 0. The van der Waals surface area contributed by atoms with Crippen LogP contribution in [0.2, 0.25) is 0 Å². The lowest BCUT2D eigenvalue weighted by Crippen LogP contribution is -2.37. The van der Waals surface area contributed by atoms with Crippen LogP contribution in [0.4, 0.5) is 0 Å². The maximum absolute atomic E-state index is 12.7. The Kier molecular flexibility index (Phi) is 44.8. The van der Waals surface area contributed by atoms with Crippen molar-refractivity contribution in [2.45, 2.75) is 251 Å². The number of phosphoric ester groups is 1. The van der Waals surface area contributed by atoms with Gasteiger partial charge < -0.3 is 18.9 Å². The quantitative estimate of drug-likeness (QED) is 0.0214. The highest BCUT2D eigenvalue weighted by Crippen LogP contribution is 2.43. The van der Waals surface area contributed by atoms with E-state index in [0.29, 0.717) is 24.1 Å². The first-order chi connectivity index (χ1) is 29.6. The molecule has 362 valence electrons. The predicted molar refractivity (Wildman–Crippen MR) is 261 cm³/mol. The van der Waals surface area contributed by atoms with Gasteiger partial charge >= 0.3 is 13.8 Å². The Balaban J connectivity index is 4.03. The first-order valence-corrected chi connectivity index (χ1v) is 27.6. The summed E-state index contributed by atoms with van der Waals surface area (Å²) < 4.78 is 35.1. The van der Waals surface area contributed by atoms with Gasteiger partial charge in [-0.1, -0.05) is 224 Å². The first kappa shape index (κ1) is 60.0. The van der Waals surface area contributed by atoms with Crippen molar-refractivity contribution in [2.75, 3.05) is 54.1 Å². The largest absolute Gasteiger partial charge is 0.472 e. The Hall–Kier alpha value is -1.02. The van der Waals surface area contributed by atoms with E-state index in [0.717, 1.165) is 57.8 Å². The second-order valence-corrected chi connectivity index (χ2v) is 20.4. The van der Waals surface area contributed by atoms with Crippen LogP contribution >= 0.6 is 7.82 Å². The van der Waals surface area contributed by atoms with E-state index in [9.17, 15) is 14.3 Å². The molecule has 0 aliphatic heterocycles. The number of likely N-dealkylation sites (N-methyl/N-ethyl adjacent to an activating group) is 1. The van der Waals surface area contributed by atoms with Crippen LogP contribution in [0.25, 0.3) is 0 Å². The molecule has 0 aliphatic rings. The van der Waals surface area contributed by atoms with Gasteiger partial charge in [-0.25, -0.2) is 4.57 Å². The molecule has 0 aromatic heterocycles. The summed E-state index contributed by atoms with van der Waals surface area (Å²) in [6.07, 6.45) is 53.8. The summed E-state index contributed by atoms with van der Waals surface area (Å²) in [5.74, 6) is -0.323. The van der Waals surface area contributed by atoms with Crippen molar-refractivity contribution < 1.29 is 37.3 Å². The van der Waals surface area contributed by atoms with E-state index in [2.05, 4.69) is 38.2 Å². The molecule has 0 rings (SSSR count). The van der Waals surface area contributed by atoms with E-state index in [1.165, 1.54) is 167 Å². The first-order valence-electron chi connectivity index (χ1n) is 26.1. The standard InChI is InChI=1S/C52H102NO7P/c1-6-8-10-12-14-16-18-20-22-23-24-25-26-27-28-29-30-31-32-34-36-38-40-42-44-47-57-49-51(50-59-61(55,56)58-48-46-53(3,4)5)60-52(54)45-43-41-39-37-35-33-21-19-17-15-13-11-9-7-2/h13,15,19,21,51H,6-12,14,16-18,20,22-50H2,1-5H3/p+1/b15-13-,21-19-. The number of unbranched alkanes of at least 4 members (excludes halogenated alkanes) is 31. The van der Waals surface area contributed by atoms with Gasteiger partial charge in [0.25, 0.3) is 0 Å². The zero-order valence-corrected chi connectivity index (χ0v) is 42.1. The molecule has 1 N–H and O–H groups in total. The van der Waals surface area contributed by atoms with E-state index < -0.39 is 13.9 Å². The summed E-state index contributed by atoms with van der Waals surface area (Å²) in [6.45, 7) is 5.61. The van der Waals surface area contributed by atoms with Crippen LogP contribution in [0.5, 0.6) is 0 Å². The summed E-state index contributed by atoms with van der Waals surface area (Å²) in [6, 6.07) is 0. The third kappa shape index (κ3) is 49.8. The maximum atomic E-state index is 12.7. The van der Waals surface area contributed by atoms with Crippen LogP contribution in [0.3, 0.4) is 0 Å². The number of hydrogen-bond acceptors (Lipinski definition) is 6. The maximum Gasteiger partial charge on any atom is 0.472 e. The number of hydrogen-bond donors (Lipinski definition) is 1. The minimum atomic E-state index is -4.28. The Morgan fingerprint density at radius 2 is 0.918 bits per heavy atom. The number of ether oxygens (including phenoxy) is 2. The number of allylic oxidation sites excluding steroid dienone is 4. The van der Waals surface area contributed by atoms with Crippen molar-refractivity contribution in [3.05, 3.63) is 24.3 Å². The highest BCUT2D eigenvalue weighted by Gasteiger charge is 2.26. The Morgan fingerprint density at radius 1 is 0.508 bits per heavy atom. The minimum absolute atomic E-state index is 0.0879. The molecule has 0 spiro atoms. The Morgan fingerprint density at radius 3 is 1.38 bits per heavy atom. The van der Waals surface area contributed by atoms with Crippen molar-refractivity contribution in [3.8, 4) is 0 Å². The topological polar surface area (TPSA) is 91.3 Å². The number of phosphoric acid groups is 1. The van der Waals surface area contributed by atoms with Gasteiger partial charge in [-0.05, 0) is 38.5 Å². The zero-order chi connectivity index (χ0) is 44.8. The summed E-state index contributed by atoms with van der Waals surface area (Å²) in [5, 5.41) is 0. The van der Waals surface area contributed by atoms with Crippen LogP contribution in [0.1, 0.15) is 245 Å². The fourth-order valence-electron chi connectivity index (χ4n) is 7.45. The minimum Gasteiger partial charge on any atom is -0.457 e. The van der Waals surface area contributed by atoms with Crippen molar-refractivity contribution in [3.63, 3.8) is 0 Å². The van der Waals surface area contributed by atoms with Gasteiger partial charge in [0.2, 0.25) is 0 Å². The zero-order valence-electron chi connectivity index (χ0n) is 41.2. The molecule has 0 bridgehead atoms. The van der Waals surface area contributed by atoms with Gasteiger partial charge in [0.05, 0.1) is 34.4 Å². The van der Waals surface area contributed by atoms with Gasteiger partial charge in [0, 0.05) is 13.0 Å². The Bertz CT molecular complexity index is 1030. The number of nitrogens with zero attached hydrogens (tertiary/aromatic N) is 1. The molecule has 0 aromatic rings. The fourth-order valence-corrected chi connectivity index (χ4v) is 8.20. The Labute approximate surface area is 379 Å². The smallest absolute Gasteiger partial charge is 0.457 e. The third-order valence-corrected chi connectivity index (χ3v) is 12.5. The van der Waals surface area contributed by atoms with Gasteiger partial charge in [0.15, 0.2) is 0 Å². The van der Waals surface area contributed by atoms with Crippen LogP contribution in [0, 0.1) is 0 Å². The van der Waals surface area contributed by atoms with Crippen LogP contribution in [-0.2, 0) is 27.9 Å². The molecule has 0 radical (unpaired) electrons. The van der Waals surface area contributed by atoms with Gasteiger partial charge in [0.1, 0.15) is 19.3 Å². The van der Waals surface area contributed by atoms with Crippen LogP contribution in [0.15, 0.2) is 24.3 Å². The number of quaternary nitrogens is 1.